The van der Waals surface area contributed by atoms with Crippen molar-refractivity contribution in [3.05, 3.63) is 29.1 Å². The van der Waals surface area contributed by atoms with Crippen molar-refractivity contribution in [2.45, 2.75) is 45.9 Å². The van der Waals surface area contributed by atoms with Gasteiger partial charge in [0, 0.05) is 24.3 Å². The standard InChI is InChI=1S/C15H23FN2O/c1-9-5-15(13(12(4)17)6-14(9)16)18-7-11(3)19-8-10(18)2/h5-6,10-12H,7-8,17H2,1-4H3/t10?,11?,12-/m1/s1. The Hall–Kier alpha value is -1.13. The Labute approximate surface area is 114 Å². The van der Waals surface area contributed by atoms with Gasteiger partial charge in [-0.3, -0.25) is 0 Å². The second-order valence-corrected chi connectivity index (χ2v) is 5.59. The van der Waals surface area contributed by atoms with Crippen LogP contribution in [0, 0.1) is 12.7 Å². The van der Waals surface area contributed by atoms with Gasteiger partial charge in [0.1, 0.15) is 5.82 Å². The maximum Gasteiger partial charge on any atom is 0.126 e. The van der Waals surface area contributed by atoms with Gasteiger partial charge in [0.25, 0.3) is 0 Å². The molecule has 4 heteroatoms. The Bertz CT molecular complexity index is 462. The van der Waals surface area contributed by atoms with E-state index in [-0.39, 0.29) is 24.0 Å². The molecule has 1 fully saturated rings. The molecule has 0 spiro atoms. The second kappa shape index (κ2) is 5.47. The molecule has 19 heavy (non-hydrogen) atoms. The average molecular weight is 266 g/mol. The normalized spacial score (nSPS) is 25.5. The number of halogens is 1. The fourth-order valence-electron chi connectivity index (χ4n) is 2.53. The van der Waals surface area contributed by atoms with Crippen LogP contribution in [0.2, 0.25) is 0 Å². The molecular formula is C15H23FN2O. The molecule has 2 N–H and O–H groups in total. The summed E-state index contributed by atoms with van der Waals surface area (Å²) in [5.74, 6) is -0.190. The van der Waals surface area contributed by atoms with E-state index in [1.54, 1.807) is 13.0 Å². The first-order chi connectivity index (χ1) is 8.90. The first kappa shape index (κ1) is 14.3. The summed E-state index contributed by atoms with van der Waals surface area (Å²) in [7, 11) is 0. The predicted molar refractivity (Wildman–Crippen MR) is 76.0 cm³/mol. The average Bonchev–Trinajstić information content (AvgIpc) is 2.35. The Morgan fingerprint density at radius 3 is 2.74 bits per heavy atom. The number of nitrogens with two attached hydrogens (primary N) is 1. The molecule has 3 nitrogen and oxygen atoms in total. The predicted octanol–water partition coefficient (Wildman–Crippen LogP) is 2.77. The van der Waals surface area contributed by atoms with E-state index in [9.17, 15) is 4.39 Å². The largest absolute Gasteiger partial charge is 0.375 e. The lowest BCUT2D eigenvalue weighted by molar-refractivity contribution is 0.0343. The minimum absolute atomic E-state index is 0.183. The number of ether oxygens (including phenoxy) is 1. The van der Waals surface area contributed by atoms with Crippen LogP contribution in [-0.4, -0.2) is 25.3 Å². The first-order valence-electron chi connectivity index (χ1n) is 6.84. The van der Waals surface area contributed by atoms with Crippen molar-refractivity contribution in [3.8, 4) is 0 Å². The van der Waals surface area contributed by atoms with Crippen LogP contribution in [0.3, 0.4) is 0 Å². The number of morpholine rings is 1. The van der Waals surface area contributed by atoms with Crippen LogP contribution < -0.4 is 10.6 Å². The third-order valence-electron chi connectivity index (χ3n) is 3.72. The van der Waals surface area contributed by atoms with Crippen LogP contribution in [0.4, 0.5) is 10.1 Å². The Kier molecular flexibility index (Phi) is 4.11. The molecule has 106 valence electrons. The third-order valence-corrected chi connectivity index (χ3v) is 3.72. The van der Waals surface area contributed by atoms with Crippen molar-refractivity contribution < 1.29 is 9.13 Å². The molecule has 1 heterocycles. The minimum Gasteiger partial charge on any atom is -0.375 e. The van der Waals surface area contributed by atoms with E-state index < -0.39 is 0 Å². The molecule has 0 saturated carbocycles. The van der Waals surface area contributed by atoms with Crippen molar-refractivity contribution >= 4 is 5.69 Å². The smallest absolute Gasteiger partial charge is 0.126 e. The molecule has 0 aromatic heterocycles. The van der Waals surface area contributed by atoms with Crippen LogP contribution in [0.15, 0.2) is 12.1 Å². The topological polar surface area (TPSA) is 38.5 Å². The van der Waals surface area contributed by atoms with Gasteiger partial charge >= 0.3 is 0 Å². The zero-order valence-corrected chi connectivity index (χ0v) is 12.1. The summed E-state index contributed by atoms with van der Waals surface area (Å²) in [6, 6.07) is 3.57. The summed E-state index contributed by atoms with van der Waals surface area (Å²) in [6.07, 6.45) is 0.183. The summed E-state index contributed by atoms with van der Waals surface area (Å²) in [5.41, 5.74) is 8.56. The highest BCUT2D eigenvalue weighted by Crippen LogP contribution is 2.31. The fourth-order valence-corrected chi connectivity index (χ4v) is 2.53. The Balaban J connectivity index is 2.44. The summed E-state index contributed by atoms with van der Waals surface area (Å²) >= 11 is 0. The molecule has 3 atom stereocenters. The Morgan fingerprint density at radius 1 is 1.42 bits per heavy atom. The van der Waals surface area contributed by atoms with E-state index in [1.165, 1.54) is 0 Å². The molecule has 0 bridgehead atoms. The highest BCUT2D eigenvalue weighted by molar-refractivity contribution is 5.58. The molecular weight excluding hydrogens is 243 g/mol. The van der Waals surface area contributed by atoms with Crippen molar-refractivity contribution in [1.82, 2.24) is 0 Å². The minimum atomic E-state index is -0.190. The lowest BCUT2D eigenvalue weighted by Gasteiger charge is -2.40. The zero-order valence-electron chi connectivity index (χ0n) is 12.1. The van der Waals surface area contributed by atoms with Crippen molar-refractivity contribution in [2.75, 3.05) is 18.1 Å². The molecule has 1 aromatic rings. The van der Waals surface area contributed by atoms with E-state index in [1.807, 2.05) is 13.0 Å². The number of nitrogens with zero attached hydrogens (tertiary/aromatic N) is 1. The van der Waals surface area contributed by atoms with Crippen LogP contribution in [0.1, 0.15) is 37.9 Å². The fraction of sp³-hybridized carbons (Fsp3) is 0.600. The van der Waals surface area contributed by atoms with Crippen LogP contribution in [0.5, 0.6) is 0 Å². The van der Waals surface area contributed by atoms with Crippen molar-refractivity contribution in [2.24, 2.45) is 5.73 Å². The van der Waals surface area contributed by atoms with Gasteiger partial charge in [-0.25, -0.2) is 4.39 Å². The highest BCUT2D eigenvalue weighted by atomic mass is 19.1. The number of benzene rings is 1. The van der Waals surface area contributed by atoms with Gasteiger partial charge < -0.3 is 15.4 Å². The molecule has 1 aromatic carbocycles. The Morgan fingerprint density at radius 2 is 2.11 bits per heavy atom. The van der Waals surface area contributed by atoms with Gasteiger partial charge in [0.2, 0.25) is 0 Å². The number of rotatable bonds is 2. The lowest BCUT2D eigenvalue weighted by atomic mass is 10.0. The first-order valence-corrected chi connectivity index (χ1v) is 6.84. The van der Waals surface area contributed by atoms with E-state index >= 15 is 0 Å². The quantitative estimate of drug-likeness (QED) is 0.894. The summed E-state index contributed by atoms with van der Waals surface area (Å²) in [4.78, 5) is 2.28. The summed E-state index contributed by atoms with van der Waals surface area (Å²) in [6.45, 7) is 9.36. The molecule has 1 saturated heterocycles. The number of hydrogen-bond acceptors (Lipinski definition) is 3. The SMILES string of the molecule is Cc1cc(N2CC(C)OCC2C)c([C@@H](C)N)cc1F. The number of hydrogen-bond donors (Lipinski definition) is 1. The lowest BCUT2D eigenvalue weighted by Crippen LogP contribution is -2.48. The van der Waals surface area contributed by atoms with Crippen molar-refractivity contribution in [1.29, 1.82) is 0 Å². The molecule has 2 unspecified atom stereocenters. The molecule has 1 aliphatic heterocycles. The van der Waals surface area contributed by atoms with Crippen molar-refractivity contribution in [3.63, 3.8) is 0 Å². The second-order valence-electron chi connectivity index (χ2n) is 5.59. The summed E-state index contributed by atoms with van der Waals surface area (Å²) < 4.78 is 19.4. The van der Waals surface area contributed by atoms with E-state index in [4.69, 9.17) is 10.5 Å². The maximum absolute atomic E-state index is 13.8. The van der Waals surface area contributed by atoms with Gasteiger partial charge in [0.05, 0.1) is 12.7 Å². The van der Waals surface area contributed by atoms with Gasteiger partial charge in [0.15, 0.2) is 0 Å². The molecule has 0 aliphatic carbocycles. The monoisotopic (exact) mass is 266 g/mol. The summed E-state index contributed by atoms with van der Waals surface area (Å²) in [5, 5.41) is 0. The molecule has 2 rings (SSSR count). The van der Waals surface area contributed by atoms with Crippen LogP contribution >= 0.6 is 0 Å². The molecule has 1 aliphatic rings. The maximum atomic E-state index is 13.8. The van der Waals surface area contributed by atoms with Crippen LogP contribution in [-0.2, 0) is 4.74 Å². The number of aryl methyl sites for hydroxylation is 1. The van der Waals surface area contributed by atoms with Gasteiger partial charge in [-0.15, -0.1) is 0 Å². The van der Waals surface area contributed by atoms with E-state index in [0.29, 0.717) is 12.2 Å². The van der Waals surface area contributed by atoms with E-state index in [2.05, 4.69) is 18.7 Å². The third kappa shape index (κ3) is 2.90. The molecule has 0 radical (unpaired) electrons. The van der Waals surface area contributed by atoms with Gasteiger partial charge in [-0.05, 0) is 51.0 Å². The zero-order chi connectivity index (χ0) is 14.2. The molecule has 0 amide bonds. The van der Waals surface area contributed by atoms with Gasteiger partial charge in [-0.2, -0.15) is 0 Å². The van der Waals surface area contributed by atoms with Crippen LogP contribution in [0.25, 0.3) is 0 Å². The van der Waals surface area contributed by atoms with E-state index in [0.717, 1.165) is 17.8 Å². The highest BCUT2D eigenvalue weighted by Gasteiger charge is 2.26. The van der Waals surface area contributed by atoms with Gasteiger partial charge in [-0.1, -0.05) is 0 Å². The number of anilines is 1.